The topological polar surface area (TPSA) is 96.0 Å². The smallest absolute Gasteiger partial charge is 0.263 e. The first kappa shape index (κ1) is 12.1. The van der Waals surface area contributed by atoms with Crippen molar-refractivity contribution in [3.63, 3.8) is 0 Å². The van der Waals surface area contributed by atoms with E-state index in [-0.39, 0.29) is 10.7 Å². The Labute approximate surface area is 104 Å². The van der Waals surface area contributed by atoms with E-state index in [4.69, 9.17) is 9.78 Å². The fraction of sp³-hybridized carbons (Fsp3) is 0.0909. The monoisotopic (exact) mass is 263 g/mol. The molecular formula is C11H9N3O3S. The first-order chi connectivity index (χ1) is 8.51. The third kappa shape index (κ3) is 2.49. The van der Waals surface area contributed by atoms with Crippen LogP contribution >= 0.6 is 0 Å². The lowest BCUT2D eigenvalue weighted by molar-refractivity contribution is 0.400. The van der Waals surface area contributed by atoms with Gasteiger partial charge >= 0.3 is 0 Å². The van der Waals surface area contributed by atoms with Crippen LogP contribution in [0.1, 0.15) is 11.3 Å². The quantitative estimate of drug-likeness (QED) is 0.908. The second-order valence-electron chi connectivity index (χ2n) is 3.56. The Balaban J connectivity index is 2.28. The average Bonchev–Trinajstić information content (AvgIpc) is 2.74. The predicted molar refractivity (Wildman–Crippen MR) is 63.2 cm³/mol. The van der Waals surface area contributed by atoms with Crippen LogP contribution in [-0.2, 0) is 10.0 Å². The molecule has 0 saturated carbocycles. The van der Waals surface area contributed by atoms with Crippen LogP contribution in [0.4, 0.5) is 5.82 Å². The number of nitrogens with zero attached hydrogens (tertiary/aromatic N) is 2. The fourth-order valence-corrected chi connectivity index (χ4v) is 2.30. The van der Waals surface area contributed by atoms with E-state index < -0.39 is 10.0 Å². The summed E-state index contributed by atoms with van der Waals surface area (Å²) in [6.45, 7) is 1.66. The molecule has 0 saturated heterocycles. The molecule has 0 spiro atoms. The molecule has 92 valence electrons. The van der Waals surface area contributed by atoms with Gasteiger partial charge in [0.05, 0.1) is 16.5 Å². The van der Waals surface area contributed by atoms with E-state index in [2.05, 4.69) is 9.88 Å². The molecule has 0 aliphatic heterocycles. The maximum absolute atomic E-state index is 11.9. The third-order valence-corrected chi connectivity index (χ3v) is 3.53. The van der Waals surface area contributed by atoms with Gasteiger partial charge in [0.25, 0.3) is 10.0 Å². The molecule has 0 amide bonds. The van der Waals surface area contributed by atoms with Crippen LogP contribution in [0.3, 0.4) is 0 Å². The van der Waals surface area contributed by atoms with Crippen molar-refractivity contribution in [2.45, 2.75) is 11.8 Å². The van der Waals surface area contributed by atoms with Gasteiger partial charge in [0, 0.05) is 6.07 Å². The van der Waals surface area contributed by atoms with Crippen molar-refractivity contribution in [3.05, 3.63) is 41.7 Å². The van der Waals surface area contributed by atoms with E-state index in [1.165, 1.54) is 30.3 Å². The molecule has 0 aliphatic carbocycles. The summed E-state index contributed by atoms with van der Waals surface area (Å²) >= 11 is 0. The van der Waals surface area contributed by atoms with E-state index in [9.17, 15) is 8.42 Å². The molecule has 2 rings (SSSR count). The summed E-state index contributed by atoms with van der Waals surface area (Å²) < 4.78 is 30.9. The Morgan fingerprint density at radius 1 is 1.33 bits per heavy atom. The third-order valence-electron chi connectivity index (χ3n) is 2.16. The molecule has 2 aromatic rings. The highest BCUT2D eigenvalue weighted by molar-refractivity contribution is 7.92. The van der Waals surface area contributed by atoms with E-state index in [0.29, 0.717) is 11.3 Å². The van der Waals surface area contributed by atoms with Gasteiger partial charge in [0.2, 0.25) is 0 Å². The number of aromatic nitrogens is 1. The van der Waals surface area contributed by atoms with Gasteiger partial charge in [0.1, 0.15) is 5.76 Å². The number of anilines is 1. The second-order valence-corrected chi connectivity index (χ2v) is 5.25. The first-order valence-electron chi connectivity index (χ1n) is 4.97. The van der Waals surface area contributed by atoms with Gasteiger partial charge in [-0.3, -0.25) is 4.72 Å². The van der Waals surface area contributed by atoms with Crippen LogP contribution in [0.25, 0.3) is 0 Å². The predicted octanol–water partition coefficient (Wildman–Crippen LogP) is 1.66. The summed E-state index contributed by atoms with van der Waals surface area (Å²) in [5.41, 5.74) is 0.395. The van der Waals surface area contributed by atoms with Crippen LogP contribution < -0.4 is 4.72 Å². The number of sulfonamides is 1. The standard InChI is InChI=1S/C11H9N3O3S/c1-8-6-11(13-17-8)14-18(15,16)10-4-2-9(7-12)3-5-10/h2-6H,1H3,(H,13,14). The number of aryl methyl sites for hydroxylation is 1. The van der Waals surface area contributed by atoms with Crippen molar-refractivity contribution < 1.29 is 12.9 Å². The van der Waals surface area contributed by atoms with Crippen LogP contribution in [0.15, 0.2) is 39.8 Å². The molecule has 0 bridgehead atoms. The van der Waals surface area contributed by atoms with Crippen LogP contribution in [0.2, 0.25) is 0 Å². The summed E-state index contributed by atoms with van der Waals surface area (Å²) in [6, 6.07) is 8.97. The Morgan fingerprint density at radius 2 is 2.00 bits per heavy atom. The van der Waals surface area contributed by atoms with Crippen LogP contribution in [0.5, 0.6) is 0 Å². The first-order valence-corrected chi connectivity index (χ1v) is 6.46. The number of benzene rings is 1. The minimum absolute atomic E-state index is 0.0575. The zero-order valence-corrected chi connectivity index (χ0v) is 10.2. The van der Waals surface area contributed by atoms with Gasteiger partial charge in [-0.15, -0.1) is 0 Å². The lowest BCUT2D eigenvalue weighted by Gasteiger charge is -2.04. The van der Waals surface area contributed by atoms with Gasteiger partial charge in [-0.1, -0.05) is 5.16 Å². The van der Waals surface area contributed by atoms with Crippen molar-refractivity contribution in [2.24, 2.45) is 0 Å². The summed E-state index contributed by atoms with van der Waals surface area (Å²) in [5, 5.41) is 12.2. The van der Waals surface area contributed by atoms with Crippen molar-refractivity contribution in [1.29, 1.82) is 5.26 Å². The Kier molecular flexibility index (Phi) is 3.04. The summed E-state index contributed by atoms with van der Waals surface area (Å²) in [4.78, 5) is 0.0575. The highest BCUT2D eigenvalue weighted by Crippen LogP contribution is 2.16. The van der Waals surface area contributed by atoms with Gasteiger partial charge in [-0.05, 0) is 31.2 Å². The molecule has 7 heteroatoms. The Morgan fingerprint density at radius 3 is 2.50 bits per heavy atom. The van der Waals surface area contributed by atoms with E-state index >= 15 is 0 Å². The number of nitrogens with one attached hydrogen (secondary N) is 1. The van der Waals surface area contributed by atoms with Crippen LogP contribution in [-0.4, -0.2) is 13.6 Å². The molecule has 1 N–H and O–H groups in total. The van der Waals surface area contributed by atoms with Crippen molar-refractivity contribution in [2.75, 3.05) is 4.72 Å². The maximum Gasteiger partial charge on any atom is 0.263 e. The van der Waals surface area contributed by atoms with Crippen molar-refractivity contribution in [1.82, 2.24) is 5.16 Å². The van der Waals surface area contributed by atoms with Crippen LogP contribution in [0, 0.1) is 18.3 Å². The van der Waals surface area contributed by atoms with Gasteiger partial charge in [-0.25, -0.2) is 8.42 Å². The Hall–Kier alpha value is -2.33. The lowest BCUT2D eigenvalue weighted by Crippen LogP contribution is -2.13. The molecule has 1 aromatic heterocycles. The van der Waals surface area contributed by atoms with E-state index in [0.717, 1.165) is 0 Å². The zero-order valence-electron chi connectivity index (χ0n) is 9.41. The molecule has 0 radical (unpaired) electrons. The Bertz CT molecular complexity index is 696. The summed E-state index contributed by atoms with van der Waals surface area (Å²) in [7, 11) is -3.71. The van der Waals surface area contributed by atoms with Crippen molar-refractivity contribution in [3.8, 4) is 6.07 Å². The number of hydrogen-bond acceptors (Lipinski definition) is 5. The lowest BCUT2D eigenvalue weighted by atomic mass is 10.2. The zero-order chi connectivity index (χ0) is 13.2. The van der Waals surface area contributed by atoms with Gasteiger partial charge in [0.15, 0.2) is 5.82 Å². The van der Waals surface area contributed by atoms with Gasteiger partial charge < -0.3 is 4.52 Å². The van der Waals surface area contributed by atoms with Gasteiger partial charge in [-0.2, -0.15) is 5.26 Å². The largest absolute Gasteiger partial charge is 0.360 e. The van der Waals surface area contributed by atoms with E-state index in [1.807, 2.05) is 6.07 Å². The molecule has 6 nitrogen and oxygen atoms in total. The van der Waals surface area contributed by atoms with E-state index in [1.54, 1.807) is 6.92 Å². The maximum atomic E-state index is 11.9. The molecule has 1 aromatic carbocycles. The highest BCUT2D eigenvalue weighted by Gasteiger charge is 2.15. The molecule has 0 atom stereocenters. The normalized spacial score (nSPS) is 10.9. The minimum Gasteiger partial charge on any atom is -0.360 e. The number of hydrogen-bond donors (Lipinski definition) is 1. The highest BCUT2D eigenvalue weighted by atomic mass is 32.2. The fourth-order valence-electron chi connectivity index (χ4n) is 1.32. The molecule has 0 fully saturated rings. The van der Waals surface area contributed by atoms with Crippen molar-refractivity contribution >= 4 is 15.8 Å². The number of rotatable bonds is 3. The average molecular weight is 263 g/mol. The molecule has 0 unspecified atom stereocenters. The summed E-state index contributed by atoms with van der Waals surface area (Å²) in [5.74, 6) is 0.629. The SMILES string of the molecule is Cc1cc(NS(=O)(=O)c2ccc(C#N)cc2)no1. The number of nitriles is 1. The second kappa shape index (κ2) is 4.50. The molecule has 1 heterocycles. The summed E-state index contributed by atoms with van der Waals surface area (Å²) in [6.07, 6.45) is 0. The minimum atomic E-state index is -3.71. The molecule has 18 heavy (non-hydrogen) atoms. The molecular weight excluding hydrogens is 254 g/mol. The molecule has 0 aliphatic rings.